The summed E-state index contributed by atoms with van der Waals surface area (Å²) in [5.41, 5.74) is 1.77. The first kappa shape index (κ1) is 11.2. The van der Waals surface area contributed by atoms with Gasteiger partial charge in [-0.1, -0.05) is 29.3 Å². The second kappa shape index (κ2) is 4.32. The average Bonchev–Trinajstić information content (AvgIpc) is 2.23. The van der Waals surface area contributed by atoms with E-state index in [1.165, 1.54) is 0 Å². The van der Waals surface area contributed by atoms with E-state index < -0.39 is 0 Å². The van der Waals surface area contributed by atoms with Gasteiger partial charge in [0.1, 0.15) is 11.4 Å². The maximum absolute atomic E-state index is 9.76. The number of aryl methyl sites for hydroxylation is 1. The molecule has 2 nitrogen and oxygen atoms in total. The van der Waals surface area contributed by atoms with E-state index in [0.29, 0.717) is 21.3 Å². The summed E-state index contributed by atoms with van der Waals surface area (Å²) in [6.45, 7) is 1.84. The molecule has 0 aliphatic rings. The van der Waals surface area contributed by atoms with Crippen LogP contribution in [0, 0.1) is 6.92 Å². The van der Waals surface area contributed by atoms with E-state index in [1.807, 2.05) is 6.92 Å². The van der Waals surface area contributed by atoms with Gasteiger partial charge in [0.15, 0.2) is 0 Å². The van der Waals surface area contributed by atoms with Crippen LogP contribution in [0.2, 0.25) is 10.0 Å². The molecule has 1 N–H and O–H groups in total. The lowest BCUT2D eigenvalue weighted by atomic mass is 10.1. The molecule has 0 spiro atoms. The van der Waals surface area contributed by atoms with Gasteiger partial charge in [0, 0.05) is 11.3 Å². The molecule has 0 saturated carbocycles. The molecule has 2 rings (SSSR count). The van der Waals surface area contributed by atoms with Gasteiger partial charge in [-0.25, -0.2) is 4.98 Å². The summed E-state index contributed by atoms with van der Waals surface area (Å²) in [7, 11) is 0. The highest BCUT2D eigenvalue weighted by Gasteiger charge is 2.13. The number of aromatic nitrogens is 1. The summed E-state index contributed by atoms with van der Waals surface area (Å²) in [5, 5.41) is 10.7. The molecule has 0 aliphatic carbocycles. The van der Waals surface area contributed by atoms with Gasteiger partial charge in [0.25, 0.3) is 0 Å². The predicted octanol–water partition coefficient (Wildman–Crippen LogP) is 4.07. The molecular formula is C12H9Cl2NO. The lowest BCUT2D eigenvalue weighted by Gasteiger charge is -2.08. The van der Waals surface area contributed by atoms with Gasteiger partial charge in [-0.05, 0) is 31.2 Å². The highest BCUT2D eigenvalue weighted by atomic mass is 35.5. The molecule has 0 fully saturated rings. The van der Waals surface area contributed by atoms with Gasteiger partial charge >= 0.3 is 0 Å². The molecule has 0 bridgehead atoms. The minimum atomic E-state index is 0.0700. The average molecular weight is 254 g/mol. The third-order valence-electron chi connectivity index (χ3n) is 2.21. The van der Waals surface area contributed by atoms with Crippen LogP contribution < -0.4 is 0 Å². The Balaban J connectivity index is 2.72. The third kappa shape index (κ3) is 1.99. The van der Waals surface area contributed by atoms with Crippen LogP contribution in [0.1, 0.15) is 5.69 Å². The van der Waals surface area contributed by atoms with Crippen LogP contribution in [0.4, 0.5) is 0 Å². The fraction of sp³-hybridized carbons (Fsp3) is 0.0833. The number of benzene rings is 1. The Morgan fingerprint density at radius 3 is 2.31 bits per heavy atom. The van der Waals surface area contributed by atoms with Gasteiger partial charge < -0.3 is 5.11 Å². The third-order valence-corrected chi connectivity index (χ3v) is 2.84. The normalized spacial score (nSPS) is 10.4. The number of hydrogen-bond donors (Lipinski definition) is 1. The van der Waals surface area contributed by atoms with Crippen LogP contribution in [-0.4, -0.2) is 10.1 Å². The van der Waals surface area contributed by atoms with E-state index in [2.05, 4.69) is 4.98 Å². The highest BCUT2D eigenvalue weighted by molar-refractivity contribution is 6.39. The summed E-state index contributed by atoms with van der Waals surface area (Å²) in [5.74, 6) is 0.0700. The molecule has 16 heavy (non-hydrogen) atoms. The quantitative estimate of drug-likeness (QED) is 0.832. The lowest BCUT2D eigenvalue weighted by molar-refractivity contribution is 0.474. The molecule has 1 aromatic heterocycles. The van der Waals surface area contributed by atoms with Crippen molar-refractivity contribution >= 4 is 23.2 Å². The van der Waals surface area contributed by atoms with Gasteiger partial charge in [0.2, 0.25) is 0 Å². The molecule has 1 aromatic carbocycles. The van der Waals surface area contributed by atoms with E-state index >= 15 is 0 Å². The summed E-state index contributed by atoms with van der Waals surface area (Å²) >= 11 is 12.1. The second-order valence-corrected chi connectivity index (χ2v) is 4.23. The molecule has 0 saturated heterocycles. The van der Waals surface area contributed by atoms with Crippen molar-refractivity contribution in [3.8, 4) is 17.0 Å². The molecule has 0 radical (unpaired) electrons. The Kier molecular flexibility index (Phi) is 3.03. The maximum atomic E-state index is 9.76. The standard InChI is InChI=1S/C12H9Cl2NO/c1-7-5-6-10(16)12(15-7)11-8(13)3-2-4-9(11)14/h2-6,16H,1H3. The number of rotatable bonds is 1. The van der Waals surface area contributed by atoms with Crippen molar-refractivity contribution in [2.45, 2.75) is 6.92 Å². The Morgan fingerprint density at radius 1 is 1.06 bits per heavy atom. The van der Waals surface area contributed by atoms with Crippen LogP contribution in [0.15, 0.2) is 30.3 Å². The van der Waals surface area contributed by atoms with E-state index in [0.717, 1.165) is 5.69 Å². The molecule has 0 atom stereocenters. The van der Waals surface area contributed by atoms with Crippen LogP contribution in [0.25, 0.3) is 11.3 Å². The van der Waals surface area contributed by atoms with Crippen LogP contribution >= 0.6 is 23.2 Å². The first-order chi connectivity index (χ1) is 7.59. The minimum absolute atomic E-state index is 0.0700. The lowest BCUT2D eigenvalue weighted by Crippen LogP contribution is -1.89. The fourth-order valence-electron chi connectivity index (χ4n) is 1.46. The van der Waals surface area contributed by atoms with Crippen LogP contribution in [0.3, 0.4) is 0 Å². The first-order valence-electron chi connectivity index (χ1n) is 4.70. The van der Waals surface area contributed by atoms with Crippen LogP contribution in [-0.2, 0) is 0 Å². The van der Waals surface area contributed by atoms with Gasteiger partial charge in [-0.3, -0.25) is 0 Å². The summed E-state index contributed by atoms with van der Waals surface area (Å²) in [4.78, 5) is 4.25. The molecule has 0 aliphatic heterocycles. The zero-order chi connectivity index (χ0) is 11.7. The van der Waals surface area contributed by atoms with Crippen molar-refractivity contribution in [3.05, 3.63) is 46.1 Å². The van der Waals surface area contributed by atoms with Gasteiger partial charge in [-0.2, -0.15) is 0 Å². The molecular weight excluding hydrogens is 245 g/mol. The van der Waals surface area contributed by atoms with Gasteiger partial charge in [-0.15, -0.1) is 0 Å². The van der Waals surface area contributed by atoms with E-state index in [9.17, 15) is 5.11 Å². The van der Waals surface area contributed by atoms with Crippen molar-refractivity contribution in [1.29, 1.82) is 0 Å². The maximum Gasteiger partial charge on any atom is 0.141 e. The minimum Gasteiger partial charge on any atom is -0.506 e. The largest absolute Gasteiger partial charge is 0.506 e. The van der Waals surface area contributed by atoms with E-state index in [-0.39, 0.29) is 5.75 Å². The smallest absolute Gasteiger partial charge is 0.141 e. The number of aromatic hydroxyl groups is 1. The SMILES string of the molecule is Cc1ccc(O)c(-c2c(Cl)cccc2Cl)n1. The summed E-state index contributed by atoms with van der Waals surface area (Å²) in [6.07, 6.45) is 0. The highest BCUT2D eigenvalue weighted by Crippen LogP contribution is 2.37. The Morgan fingerprint density at radius 2 is 1.69 bits per heavy atom. The zero-order valence-electron chi connectivity index (χ0n) is 8.54. The first-order valence-corrected chi connectivity index (χ1v) is 5.46. The molecule has 0 amide bonds. The molecule has 0 unspecified atom stereocenters. The Hall–Kier alpha value is -1.25. The summed E-state index contributed by atoms with van der Waals surface area (Å²) < 4.78 is 0. The zero-order valence-corrected chi connectivity index (χ0v) is 10.0. The monoisotopic (exact) mass is 253 g/mol. The molecule has 2 aromatic rings. The number of pyridine rings is 1. The van der Waals surface area contributed by atoms with Crippen molar-refractivity contribution in [1.82, 2.24) is 4.98 Å². The number of halogens is 2. The Labute approximate surface area is 103 Å². The van der Waals surface area contributed by atoms with Gasteiger partial charge in [0.05, 0.1) is 10.0 Å². The van der Waals surface area contributed by atoms with Crippen molar-refractivity contribution in [2.75, 3.05) is 0 Å². The van der Waals surface area contributed by atoms with Crippen molar-refractivity contribution < 1.29 is 5.11 Å². The number of hydrogen-bond acceptors (Lipinski definition) is 2. The Bertz CT molecular complexity index is 520. The summed E-state index contributed by atoms with van der Waals surface area (Å²) in [6, 6.07) is 8.49. The predicted molar refractivity (Wildman–Crippen MR) is 66.1 cm³/mol. The van der Waals surface area contributed by atoms with Crippen LogP contribution in [0.5, 0.6) is 5.75 Å². The van der Waals surface area contributed by atoms with E-state index in [1.54, 1.807) is 30.3 Å². The molecule has 4 heteroatoms. The second-order valence-electron chi connectivity index (χ2n) is 3.42. The topological polar surface area (TPSA) is 33.1 Å². The number of nitrogens with zero attached hydrogens (tertiary/aromatic N) is 1. The van der Waals surface area contributed by atoms with E-state index in [4.69, 9.17) is 23.2 Å². The van der Waals surface area contributed by atoms with Crippen molar-refractivity contribution in [3.63, 3.8) is 0 Å². The fourth-order valence-corrected chi connectivity index (χ4v) is 2.03. The molecule has 82 valence electrons. The molecule has 1 heterocycles. The van der Waals surface area contributed by atoms with Crippen molar-refractivity contribution in [2.24, 2.45) is 0 Å².